The molecule has 1 amide bonds. The Morgan fingerprint density at radius 2 is 2.16 bits per heavy atom. The third-order valence-corrected chi connectivity index (χ3v) is 3.28. The standard InChI is InChI=1S/C13H17N3O3/c17-13(15-9-7-11-2-1-8-14-11)10-3-5-12(6-4-10)16(18)19/h3-6,11,14H,1-2,7-9H2,(H,15,17). The fourth-order valence-corrected chi connectivity index (χ4v) is 2.20. The Bertz CT molecular complexity index is 453. The molecule has 1 aliphatic heterocycles. The zero-order valence-corrected chi connectivity index (χ0v) is 10.6. The topological polar surface area (TPSA) is 84.3 Å². The largest absolute Gasteiger partial charge is 0.352 e. The quantitative estimate of drug-likeness (QED) is 0.622. The summed E-state index contributed by atoms with van der Waals surface area (Å²) >= 11 is 0. The van der Waals surface area contributed by atoms with Crippen LogP contribution in [-0.2, 0) is 0 Å². The van der Waals surface area contributed by atoms with Gasteiger partial charge in [-0.25, -0.2) is 0 Å². The fourth-order valence-electron chi connectivity index (χ4n) is 2.20. The van der Waals surface area contributed by atoms with E-state index in [1.807, 2.05) is 0 Å². The van der Waals surface area contributed by atoms with E-state index in [0.717, 1.165) is 19.4 Å². The van der Waals surface area contributed by atoms with Crippen molar-refractivity contribution in [3.8, 4) is 0 Å². The molecule has 1 fully saturated rings. The number of benzene rings is 1. The van der Waals surface area contributed by atoms with Crippen molar-refractivity contribution >= 4 is 11.6 Å². The van der Waals surface area contributed by atoms with Crippen molar-refractivity contribution in [2.75, 3.05) is 13.1 Å². The monoisotopic (exact) mass is 263 g/mol. The highest BCUT2D eigenvalue weighted by molar-refractivity contribution is 5.94. The number of carbonyl (C=O) groups is 1. The number of carbonyl (C=O) groups excluding carboxylic acids is 1. The number of nitro benzene ring substituents is 1. The second-order valence-corrected chi connectivity index (χ2v) is 4.64. The summed E-state index contributed by atoms with van der Waals surface area (Å²) < 4.78 is 0. The van der Waals surface area contributed by atoms with Crippen LogP contribution in [0.15, 0.2) is 24.3 Å². The van der Waals surface area contributed by atoms with Crippen LogP contribution in [0.25, 0.3) is 0 Å². The molecule has 1 heterocycles. The number of nitrogens with zero attached hydrogens (tertiary/aromatic N) is 1. The lowest BCUT2D eigenvalue weighted by Crippen LogP contribution is -2.30. The van der Waals surface area contributed by atoms with Gasteiger partial charge in [-0.05, 0) is 37.9 Å². The first-order valence-corrected chi connectivity index (χ1v) is 6.43. The van der Waals surface area contributed by atoms with E-state index < -0.39 is 4.92 Å². The molecular formula is C13H17N3O3. The molecule has 0 saturated carbocycles. The van der Waals surface area contributed by atoms with Gasteiger partial charge in [0.25, 0.3) is 11.6 Å². The van der Waals surface area contributed by atoms with Gasteiger partial charge in [0.1, 0.15) is 0 Å². The van der Waals surface area contributed by atoms with Crippen molar-refractivity contribution in [1.82, 2.24) is 10.6 Å². The van der Waals surface area contributed by atoms with Gasteiger partial charge in [-0.2, -0.15) is 0 Å². The van der Waals surface area contributed by atoms with Crippen LogP contribution in [0, 0.1) is 10.1 Å². The van der Waals surface area contributed by atoms with Crippen molar-refractivity contribution in [2.24, 2.45) is 0 Å². The molecule has 0 bridgehead atoms. The summed E-state index contributed by atoms with van der Waals surface area (Å²) in [7, 11) is 0. The predicted molar refractivity (Wildman–Crippen MR) is 71.1 cm³/mol. The number of nitro groups is 1. The highest BCUT2D eigenvalue weighted by Gasteiger charge is 2.14. The molecule has 1 aromatic rings. The van der Waals surface area contributed by atoms with Gasteiger partial charge in [0.05, 0.1) is 4.92 Å². The normalized spacial score (nSPS) is 18.2. The molecule has 19 heavy (non-hydrogen) atoms. The van der Waals surface area contributed by atoms with E-state index in [1.54, 1.807) is 0 Å². The van der Waals surface area contributed by atoms with E-state index >= 15 is 0 Å². The molecule has 2 rings (SSSR count). The number of amides is 1. The van der Waals surface area contributed by atoms with Gasteiger partial charge in [-0.1, -0.05) is 0 Å². The minimum atomic E-state index is -0.479. The molecule has 0 radical (unpaired) electrons. The lowest BCUT2D eigenvalue weighted by molar-refractivity contribution is -0.384. The summed E-state index contributed by atoms with van der Waals surface area (Å²) in [4.78, 5) is 21.8. The third kappa shape index (κ3) is 3.75. The van der Waals surface area contributed by atoms with Crippen LogP contribution in [-0.4, -0.2) is 30.0 Å². The van der Waals surface area contributed by atoms with E-state index in [9.17, 15) is 14.9 Å². The zero-order chi connectivity index (χ0) is 13.7. The first-order valence-electron chi connectivity index (χ1n) is 6.43. The Hall–Kier alpha value is -1.95. The molecule has 1 aromatic carbocycles. The Kier molecular flexibility index (Phi) is 4.46. The summed E-state index contributed by atoms with van der Waals surface area (Å²) in [6.07, 6.45) is 3.27. The minimum Gasteiger partial charge on any atom is -0.352 e. The average molecular weight is 263 g/mol. The Balaban J connectivity index is 1.80. The van der Waals surface area contributed by atoms with Crippen LogP contribution < -0.4 is 10.6 Å². The van der Waals surface area contributed by atoms with Crippen molar-refractivity contribution < 1.29 is 9.72 Å². The van der Waals surface area contributed by atoms with Gasteiger partial charge in [0.2, 0.25) is 0 Å². The molecule has 1 aliphatic rings. The smallest absolute Gasteiger partial charge is 0.269 e. The highest BCUT2D eigenvalue weighted by Crippen LogP contribution is 2.12. The minimum absolute atomic E-state index is 0.00768. The van der Waals surface area contributed by atoms with Gasteiger partial charge >= 0.3 is 0 Å². The molecule has 0 aliphatic carbocycles. The number of rotatable bonds is 5. The molecule has 6 heteroatoms. The lowest BCUT2D eigenvalue weighted by Gasteiger charge is -2.10. The summed E-state index contributed by atoms with van der Waals surface area (Å²) in [5.74, 6) is -0.187. The van der Waals surface area contributed by atoms with Crippen LogP contribution in [0.3, 0.4) is 0 Å². The molecule has 0 aromatic heterocycles. The molecule has 102 valence electrons. The molecule has 1 unspecified atom stereocenters. The van der Waals surface area contributed by atoms with Crippen molar-refractivity contribution in [3.63, 3.8) is 0 Å². The van der Waals surface area contributed by atoms with E-state index in [-0.39, 0.29) is 11.6 Å². The maximum atomic E-state index is 11.8. The first-order chi connectivity index (χ1) is 9.16. The average Bonchev–Trinajstić information content (AvgIpc) is 2.92. The van der Waals surface area contributed by atoms with Crippen LogP contribution in [0.5, 0.6) is 0 Å². The maximum Gasteiger partial charge on any atom is 0.269 e. The molecule has 0 spiro atoms. The highest BCUT2D eigenvalue weighted by atomic mass is 16.6. The van der Waals surface area contributed by atoms with Crippen molar-refractivity contribution in [1.29, 1.82) is 0 Å². The SMILES string of the molecule is O=C(NCCC1CCCN1)c1ccc([N+](=O)[O-])cc1. The number of non-ortho nitro benzene ring substituents is 1. The number of hydrogen-bond donors (Lipinski definition) is 2. The van der Waals surface area contributed by atoms with Crippen LogP contribution in [0.2, 0.25) is 0 Å². The Labute approximate surface area is 111 Å². The predicted octanol–water partition coefficient (Wildman–Crippen LogP) is 1.47. The third-order valence-electron chi connectivity index (χ3n) is 3.28. The van der Waals surface area contributed by atoms with Crippen molar-refractivity contribution in [2.45, 2.75) is 25.3 Å². The Morgan fingerprint density at radius 1 is 1.42 bits per heavy atom. The van der Waals surface area contributed by atoms with E-state index in [0.29, 0.717) is 18.2 Å². The number of nitrogens with one attached hydrogen (secondary N) is 2. The van der Waals surface area contributed by atoms with E-state index in [4.69, 9.17) is 0 Å². The van der Waals surface area contributed by atoms with Gasteiger partial charge in [-0.3, -0.25) is 14.9 Å². The molecule has 1 saturated heterocycles. The summed E-state index contributed by atoms with van der Waals surface area (Å²) in [5.41, 5.74) is 0.441. The van der Waals surface area contributed by atoms with Crippen LogP contribution in [0.1, 0.15) is 29.6 Å². The van der Waals surface area contributed by atoms with E-state index in [1.165, 1.54) is 30.7 Å². The van der Waals surface area contributed by atoms with Crippen LogP contribution in [0.4, 0.5) is 5.69 Å². The van der Waals surface area contributed by atoms with Gasteiger partial charge in [0.15, 0.2) is 0 Å². The molecule has 6 nitrogen and oxygen atoms in total. The summed E-state index contributed by atoms with van der Waals surface area (Å²) in [5, 5.41) is 16.7. The molecule has 2 N–H and O–H groups in total. The summed E-state index contributed by atoms with van der Waals surface area (Å²) in [6.45, 7) is 1.68. The van der Waals surface area contributed by atoms with Gasteiger partial charge in [0, 0.05) is 30.3 Å². The van der Waals surface area contributed by atoms with Crippen molar-refractivity contribution in [3.05, 3.63) is 39.9 Å². The second kappa shape index (κ2) is 6.29. The van der Waals surface area contributed by atoms with Crippen LogP contribution >= 0.6 is 0 Å². The Morgan fingerprint density at radius 3 is 2.74 bits per heavy atom. The van der Waals surface area contributed by atoms with Gasteiger partial charge in [-0.15, -0.1) is 0 Å². The second-order valence-electron chi connectivity index (χ2n) is 4.64. The van der Waals surface area contributed by atoms with Gasteiger partial charge < -0.3 is 10.6 Å². The van der Waals surface area contributed by atoms with E-state index in [2.05, 4.69) is 10.6 Å². The number of hydrogen-bond acceptors (Lipinski definition) is 4. The molecular weight excluding hydrogens is 246 g/mol. The molecule has 1 atom stereocenters. The fraction of sp³-hybridized carbons (Fsp3) is 0.462. The summed E-state index contributed by atoms with van der Waals surface area (Å²) in [6, 6.07) is 6.13. The lowest BCUT2D eigenvalue weighted by atomic mass is 10.1. The zero-order valence-electron chi connectivity index (χ0n) is 10.6. The first kappa shape index (κ1) is 13.5. The maximum absolute atomic E-state index is 11.8.